The summed E-state index contributed by atoms with van der Waals surface area (Å²) >= 11 is 2.12. The van der Waals surface area contributed by atoms with E-state index < -0.39 is 5.60 Å². The highest BCUT2D eigenvalue weighted by Crippen LogP contribution is 2.11. The van der Waals surface area contributed by atoms with Crippen LogP contribution in [0.2, 0.25) is 0 Å². The zero-order valence-electron chi connectivity index (χ0n) is 10.0. The molecule has 1 aliphatic heterocycles. The third-order valence-corrected chi connectivity index (χ3v) is 3.02. The maximum absolute atomic E-state index is 11.5. The molecule has 2 N–H and O–H groups in total. The predicted molar refractivity (Wildman–Crippen MR) is 71.1 cm³/mol. The van der Waals surface area contributed by atoms with Gasteiger partial charge in [0.15, 0.2) is 0 Å². The summed E-state index contributed by atoms with van der Waals surface area (Å²) in [4.78, 5) is 11.5. The summed E-state index contributed by atoms with van der Waals surface area (Å²) in [7, 11) is 0. The maximum atomic E-state index is 11.5. The van der Waals surface area contributed by atoms with Crippen molar-refractivity contribution >= 4 is 29.0 Å². The Morgan fingerprint density at radius 1 is 1.38 bits per heavy atom. The molecule has 0 spiro atoms. The van der Waals surface area contributed by atoms with Crippen molar-refractivity contribution < 1.29 is 9.53 Å². The molecule has 0 bridgehead atoms. The summed E-state index contributed by atoms with van der Waals surface area (Å²) in [6, 6.07) is 0.232. The summed E-state index contributed by atoms with van der Waals surface area (Å²) in [5.74, 6) is 0. The number of piperidine rings is 1. The molecular weight excluding hydrogens is 321 g/mol. The second-order valence-corrected chi connectivity index (χ2v) is 5.47. The fourth-order valence-corrected chi connectivity index (χ4v) is 2.06. The van der Waals surface area contributed by atoms with Crippen molar-refractivity contribution in [1.29, 1.82) is 0 Å². The van der Waals surface area contributed by atoms with E-state index in [1.807, 2.05) is 20.8 Å². The van der Waals surface area contributed by atoms with Crippen LogP contribution in [-0.2, 0) is 4.74 Å². The van der Waals surface area contributed by atoms with E-state index in [-0.39, 0.29) is 12.1 Å². The fraction of sp³-hybridized carbons (Fsp3) is 0.900. The summed E-state index contributed by atoms with van der Waals surface area (Å²) in [5, 5.41) is 5.03. The standard InChI is InChI=1S/C10H20IN3O2/c1-10(2,3)16-9(15)12-8-4-6-14(13-11)7-5-8/h8,13H,4-7H2,1-3H3,(H,12,15). The quantitative estimate of drug-likeness (QED) is 0.594. The molecule has 1 rings (SSSR count). The summed E-state index contributed by atoms with van der Waals surface area (Å²) < 4.78 is 8.29. The number of carbonyl (C=O) groups is 1. The highest BCUT2D eigenvalue weighted by molar-refractivity contribution is 14.1. The molecule has 5 nitrogen and oxygen atoms in total. The average Bonchev–Trinajstić information content (AvgIpc) is 2.16. The predicted octanol–water partition coefficient (Wildman–Crippen LogP) is 1.83. The average molecular weight is 341 g/mol. The van der Waals surface area contributed by atoms with E-state index >= 15 is 0 Å². The molecule has 0 atom stereocenters. The van der Waals surface area contributed by atoms with E-state index in [4.69, 9.17) is 4.74 Å². The van der Waals surface area contributed by atoms with Crippen molar-refractivity contribution in [3.8, 4) is 0 Å². The summed E-state index contributed by atoms with van der Waals surface area (Å²) in [6.45, 7) is 7.51. The first kappa shape index (κ1) is 14.0. The van der Waals surface area contributed by atoms with E-state index in [9.17, 15) is 4.79 Å². The van der Waals surface area contributed by atoms with Crippen molar-refractivity contribution in [1.82, 2.24) is 14.0 Å². The number of hydrogen-bond acceptors (Lipinski definition) is 4. The van der Waals surface area contributed by atoms with Gasteiger partial charge in [-0.15, -0.1) is 0 Å². The minimum absolute atomic E-state index is 0.232. The minimum atomic E-state index is -0.422. The number of hydrogen-bond donors (Lipinski definition) is 2. The van der Waals surface area contributed by atoms with Gasteiger partial charge >= 0.3 is 6.09 Å². The van der Waals surface area contributed by atoms with E-state index in [0.29, 0.717) is 0 Å². The second kappa shape index (κ2) is 6.02. The number of carbonyl (C=O) groups excluding carboxylic acids is 1. The number of alkyl carbamates (subject to hydrolysis) is 1. The van der Waals surface area contributed by atoms with Crippen LogP contribution in [0.3, 0.4) is 0 Å². The van der Waals surface area contributed by atoms with Gasteiger partial charge in [-0.05, 0) is 33.6 Å². The van der Waals surface area contributed by atoms with Gasteiger partial charge in [0.2, 0.25) is 0 Å². The fourth-order valence-electron chi connectivity index (χ4n) is 1.58. The monoisotopic (exact) mass is 341 g/mol. The largest absolute Gasteiger partial charge is 0.444 e. The molecule has 0 aliphatic carbocycles. The van der Waals surface area contributed by atoms with Gasteiger partial charge in [-0.25, -0.2) is 9.80 Å². The first-order valence-electron chi connectivity index (χ1n) is 5.51. The number of nitrogens with zero attached hydrogens (tertiary/aromatic N) is 1. The van der Waals surface area contributed by atoms with Gasteiger partial charge in [0.05, 0.1) is 0 Å². The van der Waals surface area contributed by atoms with E-state index in [0.717, 1.165) is 25.9 Å². The molecule has 1 amide bonds. The summed E-state index contributed by atoms with van der Waals surface area (Å²) in [6.07, 6.45) is 1.60. The number of ether oxygens (including phenoxy) is 1. The Hall–Kier alpha value is -0.0800. The van der Waals surface area contributed by atoms with E-state index in [1.165, 1.54) is 0 Å². The molecule has 0 aromatic heterocycles. The molecular formula is C10H20IN3O2. The summed E-state index contributed by atoms with van der Waals surface area (Å²) in [5.41, 5.74) is -0.422. The molecule has 0 radical (unpaired) electrons. The van der Waals surface area contributed by atoms with Gasteiger partial charge in [0, 0.05) is 42.0 Å². The lowest BCUT2D eigenvalue weighted by Gasteiger charge is -2.31. The molecule has 94 valence electrons. The Morgan fingerprint density at radius 2 is 1.94 bits per heavy atom. The van der Waals surface area contributed by atoms with Crippen LogP contribution in [0.1, 0.15) is 33.6 Å². The first-order chi connectivity index (χ1) is 7.40. The van der Waals surface area contributed by atoms with Gasteiger partial charge in [-0.1, -0.05) is 0 Å². The van der Waals surface area contributed by atoms with Crippen LogP contribution in [0.4, 0.5) is 4.79 Å². The van der Waals surface area contributed by atoms with Gasteiger partial charge in [0.25, 0.3) is 0 Å². The first-order valence-corrected chi connectivity index (χ1v) is 6.59. The van der Waals surface area contributed by atoms with Gasteiger partial charge in [0.1, 0.15) is 5.60 Å². The Kier molecular flexibility index (Phi) is 5.26. The number of hydrazine groups is 1. The van der Waals surface area contributed by atoms with Crippen LogP contribution in [0.25, 0.3) is 0 Å². The molecule has 1 fully saturated rings. The number of halogens is 1. The molecule has 16 heavy (non-hydrogen) atoms. The second-order valence-electron chi connectivity index (χ2n) is 4.99. The Balaban J connectivity index is 2.26. The smallest absolute Gasteiger partial charge is 0.407 e. The van der Waals surface area contributed by atoms with E-state index in [1.54, 1.807) is 0 Å². The lowest BCUT2D eigenvalue weighted by atomic mass is 10.1. The van der Waals surface area contributed by atoms with Crippen LogP contribution in [0.5, 0.6) is 0 Å². The number of amides is 1. The molecule has 0 aromatic carbocycles. The molecule has 1 saturated heterocycles. The molecule has 1 aliphatic rings. The van der Waals surface area contributed by atoms with Crippen molar-refractivity contribution in [2.45, 2.75) is 45.3 Å². The van der Waals surface area contributed by atoms with Crippen molar-refractivity contribution in [3.05, 3.63) is 0 Å². The number of rotatable bonds is 2. The zero-order valence-corrected chi connectivity index (χ0v) is 12.2. The lowest BCUT2D eigenvalue weighted by molar-refractivity contribution is 0.0476. The maximum Gasteiger partial charge on any atom is 0.407 e. The van der Waals surface area contributed by atoms with Gasteiger partial charge in [-0.3, -0.25) is 0 Å². The van der Waals surface area contributed by atoms with Crippen LogP contribution in [0.15, 0.2) is 0 Å². The van der Waals surface area contributed by atoms with Crippen LogP contribution >= 0.6 is 22.9 Å². The molecule has 0 aromatic rings. The SMILES string of the molecule is CC(C)(C)OC(=O)NC1CCN(NI)CC1. The highest BCUT2D eigenvalue weighted by atomic mass is 127. The molecule has 0 unspecified atom stereocenters. The molecule has 0 saturated carbocycles. The molecule has 1 heterocycles. The van der Waals surface area contributed by atoms with Crippen molar-refractivity contribution in [2.24, 2.45) is 0 Å². The van der Waals surface area contributed by atoms with Crippen LogP contribution < -0.4 is 8.96 Å². The Morgan fingerprint density at radius 3 is 2.38 bits per heavy atom. The number of nitrogens with one attached hydrogen (secondary N) is 2. The highest BCUT2D eigenvalue weighted by Gasteiger charge is 2.22. The zero-order chi connectivity index (χ0) is 12.2. The lowest BCUT2D eigenvalue weighted by Crippen LogP contribution is -2.47. The van der Waals surface area contributed by atoms with E-state index in [2.05, 4.69) is 36.8 Å². The third kappa shape index (κ3) is 5.31. The third-order valence-electron chi connectivity index (χ3n) is 2.34. The van der Waals surface area contributed by atoms with Crippen molar-refractivity contribution in [3.63, 3.8) is 0 Å². The Bertz CT molecular complexity index is 235. The van der Waals surface area contributed by atoms with Gasteiger partial charge in [-0.2, -0.15) is 3.64 Å². The normalized spacial score (nSPS) is 19.5. The Labute approximate surface area is 111 Å². The minimum Gasteiger partial charge on any atom is -0.444 e. The van der Waals surface area contributed by atoms with Crippen LogP contribution in [-0.4, -0.2) is 35.8 Å². The topological polar surface area (TPSA) is 53.6 Å². The van der Waals surface area contributed by atoms with Crippen molar-refractivity contribution in [2.75, 3.05) is 13.1 Å². The van der Waals surface area contributed by atoms with Gasteiger partial charge < -0.3 is 10.1 Å². The molecule has 6 heteroatoms. The van der Waals surface area contributed by atoms with Crippen LogP contribution in [0, 0.1) is 0 Å².